The first-order valence-corrected chi connectivity index (χ1v) is 8.06. The SMILES string of the molecule is COc1cccc(OCCNC(=O)c2ccc(C(C)(C)C)cc2)c1. The molecular formula is C20H25NO3. The monoisotopic (exact) mass is 327 g/mol. The maximum Gasteiger partial charge on any atom is 0.251 e. The second-order valence-corrected chi connectivity index (χ2v) is 6.61. The van der Waals surface area contributed by atoms with E-state index in [9.17, 15) is 4.79 Å². The molecule has 1 N–H and O–H groups in total. The Kier molecular flexibility index (Phi) is 5.85. The summed E-state index contributed by atoms with van der Waals surface area (Å²) < 4.78 is 10.7. The van der Waals surface area contributed by atoms with E-state index in [1.54, 1.807) is 7.11 Å². The van der Waals surface area contributed by atoms with E-state index in [1.807, 2.05) is 48.5 Å². The van der Waals surface area contributed by atoms with Gasteiger partial charge in [0.25, 0.3) is 5.91 Å². The largest absolute Gasteiger partial charge is 0.497 e. The van der Waals surface area contributed by atoms with E-state index in [1.165, 1.54) is 5.56 Å². The summed E-state index contributed by atoms with van der Waals surface area (Å²) in [6.07, 6.45) is 0. The number of ether oxygens (including phenoxy) is 2. The van der Waals surface area contributed by atoms with Gasteiger partial charge in [-0.1, -0.05) is 39.0 Å². The molecule has 0 saturated carbocycles. The molecule has 24 heavy (non-hydrogen) atoms. The second-order valence-electron chi connectivity index (χ2n) is 6.61. The van der Waals surface area contributed by atoms with Crippen molar-refractivity contribution in [3.8, 4) is 11.5 Å². The summed E-state index contributed by atoms with van der Waals surface area (Å²) in [5.74, 6) is 1.37. The molecule has 4 heteroatoms. The van der Waals surface area contributed by atoms with Gasteiger partial charge in [-0.3, -0.25) is 4.79 Å². The molecule has 0 aromatic heterocycles. The number of hydrogen-bond acceptors (Lipinski definition) is 3. The van der Waals surface area contributed by atoms with Crippen LogP contribution >= 0.6 is 0 Å². The van der Waals surface area contributed by atoms with Crippen molar-refractivity contribution in [3.05, 3.63) is 59.7 Å². The highest BCUT2D eigenvalue weighted by Crippen LogP contribution is 2.22. The summed E-state index contributed by atoms with van der Waals surface area (Å²) in [7, 11) is 1.62. The molecular weight excluding hydrogens is 302 g/mol. The topological polar surface area (TPSA) is 47.6 Å². The lowest BCUT2D eigenvalue weighted by Gasteiger charge is -2.19. The third kappa shape index (κ3) is 5.01. The van der Waals surface area contributed by atoms with Crippen molar-refractivity contribution in [1.82, 2.24) is 5.32 Å². The maximum absolute atomic E-state index is 12.1. The number of benzene rings is 2. The molecule has 2 rings (SSSR count). The van der Waals surface area contributed by atoms with Crippen LogP contribution < -0.4 is 14.8 Å². The molecule has 0 atom stereocenters. The molecule has 0 spiro atoms. The van der Waals surface area contributed by atoms with Gasteiger partial charge in [-0.25, -0.2) is 0 Å². The Labute approximate surface area is 143 Å². The summed E-state index contributed by atoms with van der Waals surface area (Å²) >= 11 is 0. The van der Waals surface area contributed by atoms with Crippen molar-refractivity contribution < 1.29 is 14.3 Å². The van der Waals surface area contributed by atoms with Gasteiger partial charge in [-0.15, -0.1) is 0 Å². The number of hydrogen-bond donors (Lipinski definition) is 1. The predicted molar refractivity (Wildman–Crippen MR) is 96.0 cm³/mol. The van der Waals surface area contributed by atoms with Crippen molar-refractivity contribution in [2.45, 2.75) is 26.2 Å². The first kappa shape index (κ1) is 17.9. The first-order chi connectivity index (χ1) is 11.4. The van der Waals surface area contributed by atoms with Gasteiger partial charge >= 0.3 is 0 Å². The smallest absolute Gasteiger partial charge is 0.251 e. The number of methoxy groups -OCH3 is 1. The van der Waals surface area contributed by atoms with Crippen molar-refractivity contribution in [2.24, 2.45) is 0 Å². The van der Waals surface area contributed by atoms with E-state index in [2.05, 4.69) is 26.1 Å². The zero-order valence-electron chi connectivity index (χ0n) is 14.8. The number of carbonyl (C=O) groups is 1. The zero-order chi connectivity index (χ0) is 17.6. The van der Waals surface area contributed by atoms with Crippen LogP contribution in [0.25, 0.3) is 0 Å². The molecule has 0 saturated heterocycles. The summed E-state index contributed by atoms with van der Waals surface area (Å²) in [5, 5.41) is 2.86. The van der Waals surface area contributed by atoms with Gasteiger partial charge in [-0.05, 0) is 35.2 Å². The summed E-state index contributed by atoms with van der Waals surface area (Å²) in [5.41, 5.74) is 1.95. The summed E-state index contributed by atoms with van der Waals surface area (Å²) in [6.45, 7) is 7.30. The predicted octanol–water partition coefficient (Wildman–Crippen LogP) is 3.80. The molecule has 0 heterocycles. The molecule has 0 fully saturated rings. The number of carbonyl (C=O) groups excluding carboxylic acids is 1. The molecule has 128 valence electrons. The molecule has 0 aliphatic heterocycles. The average molecular weight is 327 g/mol. The molecule has 4 nitrogen and oxygen atoms in total. The van der Waals surface area contributed by atoms with E-state index in [-0.39, 0.29) is 11.3 Å². The molecule has 0 aliphatic rings. The summed E-state index contributed by atoms with van der Waals surface area (Å²) in [6, 6.07) is 15.1. The Bertz CT molecular complexity index is 672. The minimum Gasteiger partial charge on any atom is -0.497 e. The van der Waals surface area contributed by atoms with Gasteiger partial charge in [0.2, 0.25) is 0 Å². The van der Waals surface area contributed by atoms with Crippen LogP contribution in [0.5, 0.6) is 11.5 Å². The van der Waals surface area contributed by atoms with Crippen molar-refractivity contribution >= 4 is 5.91 Å². The van der Waals surface area contributed by atoms with Crippen LogP contribution in [0.3, 0.4) is 0 Å². The van der Waals surface area contributed by atoms with Crippen molar-refractivity contribution in [1.29, 1.82) is 0 Å². The van der Waals surface area contributed by atoms with Crippen LogP contribution in [-0.2, 0) is 5.41 Å². The van der Waals surface area contributed by atoms with Crippen LogP contribution in [0.4, 0.5) is 0 Å². The minimum absolute atomic E-state index is 0.0829. The van der Waals surface area contributed by atoms with E-state index < -0.39 is 0 Å². The van der Waals surface area contributed by atoms with E-state index >= 15 is 0 Å². The Morgan fingerprint density at radius 2 is 1.71 bits per heavy atom. The van der Waals surface area contributed by atoms with Gasteiger partial charge in [0.15, 0.2) is 0 Å². The van der Waals surface area contributed by atoms with Crippen LogP contribution in [-0.4, -0.2) is 26.2 Å². The van der Waals surface area contributed by atoms with Gasteiger partial charge in [0.1, 0.15) is 18.1 Å². The fourth-order valence-corrected chi connectivity index (χ4v) is 2.25. The number of amides is 1. The van der Waals surface area contributed by atoms with Crippen LogP contribution in [0.1, 0.15) is 36.7 Å². The highest BCUT2D eigenvalue weighted by Gasteiger charge is 2.14. The Morgan fingerprint density at radius 3 is 2.33 bits per heavy atom. The molecule has 1 amide bonds. The van der Waals surface area contributed by atoms with Crippen LogP contribution in [0, 0.1) is 0 Å². The third-order valence-corrected chi connectivity index (χ3v) is 3.71. The van der Waals surface area contributed by atoms with E-state index in [0.29, 0.717) is 18.7 Å². The fourth-order valence-electron chi connectivity index (χ4n) is 2.25. The molecule has 0 bridgehead atoms. The van der Waals surface area contributed by atoms with E-state index in [4.69, 9.17) is 9.47 Å². The lowest BCUT2D eigenvalue weighted by atomic mass is 9.87. The van der Waals surface area contributed by atoms with Crippen molar-refractivity contribution in [2.75, 3.05) is 20.3 Å². The Balaban J connectivity index is 1.80. The number of nitrogens with one attached hydrogen (secondary N) is 1. The highest BCUT2D eigenvalue weighted by atomic mass is 16.5. The van der Waals surface area contributed by atoms with Crippen LogP contribution in [0.15, 0.2) is 48.5 Å². The highest BCUT2D eigenvalue weighted by molar-refractivity contribution is 5.94. The lowest BCUT2D eigenvalue weighted by molar-refractivity contribution is 0.0947. The third-order valence-electron chi connectivity index (χ3n) is 3.71. The van der Waals surface area contributed by atoms with Gasteiger partial charge < -0.3 is 14.8 Å². The Hall–Kier alpha value is -2.49. The molecule has 2 aromatic rings. The summed E-state index contributed by atoms with van der Waals surface area (Å²) in [4.78, 5) is 12.1. The zero-order valence-corrected chi connectivity index (χ0v) is 14.8. The molecule has 0 radical (unpaired) electrons. The normalized spacial score (nSPS) is 11.0. The van der Waals surface area contributed by atoms with Gasteiger partial charge in [0.05, 0.1) is 13.7 Å². The molecule has 2 aromatic carbocycles. The lowest BCUT2D eigenvalue weighted by Crippen LogP contribution is -2.28. The molecule has 0 unspecified atom stereocenters. The molecule has 0 aliphatic carbocycles. The van der Waals surface area contributed by atoms with E-state index in [0.717, 1.165) is 11.5 Å². The maximum atomic E-state index is 12.1. The second kappa shape index (κ2) is 7.86. The fraction of sp³-hybridized carbons (Fsp3) is 0.350. The number of rotatable bonds is 6. The van der Waals surface area contributed by atoms with Gasteiger partial charge in [-0.2, -0.15) is 0 Å². The Morgan fingerprint density at radius 1 is 1.04 bits per heavy atom. The average Bonchev–Trinajstić information content (AvgIpc) is 2.58. The van der Waals surface area contributed by atoms with Crippen LogP contribution in [0.2, 0.25) is 0 Å². The standard InChI is InChI=1S/C20H25NO3/c1-20(2,3)16-10-8-15(9-11-16)19(22)21-12-13-24-18-7-5-6-17(14-18)23-4/h5-11,14H,12-13H2,1-4H3,(H,21,22). The van der Waals surface area contributed by atoms with Crippen molar-refractivity contribution in [3.63, 3.8) is 0 Å². The first-order valence-electron chi connectivity index (χ1n) is 8.06. The quantitative estimate of drug-likeness (QED) is 0.821. The minimum atomic E-state index is -0.0929. The van der Waals surface area contributed by atoms with Gasteiger partial charge in [0, 0.05) is 11.6 Å².